The molecule has 0 radical (unpaired) electrons. The number of likely N-dealkylation sites (N-methyl/N-ethyl adjacent to an activating group) is 1. The molecule has 2 aliphatic rings. The molecular weight excluding hydrogens is 212 g/mol. The van der Waals surface area contributed by atoms with Gasteiger partial charge in [0, 0.05) is 17.9 Å². The number of nitrogens with one attached hydrogen (secondary N) is 2. The minimum atomic E-state index is 0.263. The molecule has 0 aliphatic heterocycles. The Hall–Kier alpha value is -0.900. The quantitative estimate of drug-likeness (QED) is 0.839. The first-order valence-electron chi connectivity index (χ1n) is 6.91. The Morgan fingerprint density at radius 1 is 1.29 bits per heavy atom. The molecule has 1 aromatic heterocycles. The molecule has 0 saturated heterocycles. The zero-order chi connectivity index (χ0) is 11.7. The van der Waals surface area contributed by atoms with Crippen molar-refractivity contribution in [2.75, 3.05) is 7.05 Å². The fourth-order valence-electron chi connectivity index (χ4n) is 2.98. The number of aromatic nitrogens is 3. The van der Waals surface area contributed by atoms with E-state index in [-0.39, 0.29) is 5.54 Å². The molecule has 94 valence electrons. The Balaban J connectivity index is 1.70. The first-order chi connectivity index (χ1) is 8.31. The van der Waals surface area contributed by atoms with Crippen LogP contribution in [0.3, 0.4) is 0 Å². The maximum Gasteiger partial charge on any atom is 0.153 e. The monoisotopic (exact) mass is 234 g/mol. The molecule has 0 atom stereocenters. The van der Waals surface area contributed by atoms with Crippen molar-refractivity contribution in [3.63, 3.8) is 0 Å². The molecule has 3 rings (SSSR count). The Morgan fingerprint density at radius 3 is 2.71 bits per heavy atom. The van der Waals surface area contributed by atoms with E-state index in [2.05, 4.69) is 27.5 Å². The summed E-state index contributed by atoms with van der Waals surface area (Å²) in [5.41, 5.74) is 0.263. The molecule has 0 unspecified atom stereocenters. The smallest absolute Gasteiger partial charge is 0.153 e. The molecule has 2 aliphatic carbocycles. The number of hydrogen-bond donors (Lipinski definition) is 2. The number of nitrogens with zero attached hydrogens (tertiary/aromatic N) is 2. The second-order valence-electron chi connectivity index (χ2n) is 5.68. The van der Waals surface area contributed by atoms with Gasteiger partial charge in [-0.2, -0.15) is 5.10 Å². The highest BCUT2D eigenvalue weighted by Crippen LogP contribution is 2.38. The summed E-state index contributed by atoms with van der Waals surface area (Å²) >= 11 is 0. The lowest BCUT2D eigenvalue weighted by atomic mass is 9.79. The van der Waals surface area contributed by atoms with Crippen LogP contribution in [-0.4, -0.2) is 27.8 Å². The van der Waals surface area contributed by atoms with Crippen LogP contribution < -0.4 is 5.32 Å². The summed E-state index contributed by atoms with van der Waals surface area (Å²) in [6, 6.07) is 0. The van der Waals surface area contributed by atoms with Crippen molar-refractivity contribution in [1.29, 1.82) is 0 Å². The molecule has 0 amide bonds. The van der Waals surface area contributed by atoms with Gasteiger partial charge in [-0.15, -0.1) is 0 Å². The summed E-state index contributed by atoms with van der Waals surface area (Å²) in [6.45, 7) is 0. The van der Waals surface area contributed by atoms with Gasteiger partial charge < -0.3 is 5.32 Å². The van der Waals surface area contributed by atoms with Gasteiger partial charge in [-0.05, 0) is 32.7 Å². The predicted octanol–water partition coefficient (Wildman–Crippen LogP) is 2.15. The highest BCUT2D eigenvalue weighted by atomic mass is 15.2. The molecule has 17 heavy (non-hydrogen) atoms. The largest absolute Gasteiger partial charge is 0.314 e. The molecule has 0 bridgehead atoms. The van der Waals surface area contributed by atoms with Gasteiger partial charge in [-0.1, -0.05) is 19.3 Å². The van der Waals surface area contributed by atoms with E-state index in [0.29, 0.717) is 5.92 Å². The Bertz CT molecular complexity index is 375. The third-order valence-corrected chi connectivity index (χ3v) is 4.34. The van der Waals surface area contributed by atoms with Crippen LogP contribution in [0.25, 0.3) is 0 Å². The average molecular weight is 234 g/mol. The van der Waals surface area contributed by atoms with Crippen LogP contribution in [0.1, 0.15) is 62.5 Å². The van der Waals surface area contributed by atoms with Crippen LogP contribution >= 0.6 is 0 Å². The van der Waals surface area contributed by atoms with Gasteiger partial charge in [0.2, 0.25) is 0 Å². The van der Waals surface area contributed by atoms with Crippen molar-refractivity contribution in [3.8, 4) is 0 Å². The Labute approximate surface area is 103 Å². The van der Waals surface area contributed by atoms with E-state index in [1.807, 2.05) is 0 Å². The molecular formula is C13H22N4. The summed E-state index contributed by atoms with van der Waals surface area (Å²) in [7, 11) is 2.09. The average Bonchev–Trinajstić information content (AvgIpc) is 3.12. The first kappa shape index (κ1) is 11.2. The van der Waals surface area contributed by atoms with Crippen molar-refractivity contribution >= 4 is 0 Å². The van der Waals surface area contributed by atoms with Crippen LogP contribution in [0, 0.1) is 0 Å². The van der Waals surface area contributed by atoms with Crippen molar-refractivity contribution in [3.05, 3.63) is 11.6 Å². The topological polar surface area (TPSA) is 53.6 Å². The second-order valence-corrected chi connectivity index (χ2v) is 5.68. The molecule has 4 heteroatoms. The number of rotatable bonds is 4. The van der Waals surface area contributed by atoms with Gasteiger partial charge in [-0.25, -0.2) is 4.98 Å². The van der Waals surface area contributed by atoms with E-state index in [1.54, 1.807) is 0 Å². The van der Waals surface area contributed by atoms with Crippen LogP contribution in [0.5, 0.6) is 0 Å². The summed E-state index contributed by atoms with van der Waals surface area (Å²) < 4.78 is 0. The van der Waals surface area contributed by atoms with E-state index in [9.17, 15) is 0 Å². The van der Waals surface area contributed by atoms with Gasteiger partial charge in [-0.3, -0.25) is 5.10 Å². The van der Waals surface area contributed by atoms with Crippen LogP contribution in [0.4, 0.5) is 0 Å². The normalized spacial score (nSPS) is 23.8. The fourth-order valence-corrected chi connectivity index (χ4v) is 2.98. The second kappa shape index (κ2) is 4.41. The maximum absolute atomic E-state index is 4.65. The molecule has 1 heterocycles. The van der Waals surface area contributed by atoms with E-state index in [0.717, 1.165) is 18.1 Å². The van der Waals surface area contributed by atoms with Crippen molar-refractivity contribution < 1.29 is 0 Å². The van der Waals surface area contributed by atoms with Crippen LogP contribution in [0.15, 0.2) is 0 Å². The lowest BCUT2D eigenvalue weighted by Crippen LogP contribution is -2.46. The fraction of sp³-hybridized carbons (Fsp3) is 0.846. The zero-order valence-electron chi connectivity index (χ0n) is 10.6. The van der Waals surface area contributed by atoms with E-state index >= 15 is 0 Å². The molecule has 2 N–H and O–H groups in total. The van der Waals surface area contributed by atoms with E-state index in [1.165, 1.54) is 44.9 Å². The van der Waals surface area contributed by atoms with Crippen molar-refractivity contribution in [2.24, 2.45) is 0 Å². The molecule has 2 saturated carbocycles. The summed E-state index contributed by atoms with van der Waals surface area (Å²) in [4.78, 5) is 4.65. The zero-order valence-corrected chi connectivity index (χ0v) is 10.6. The molecule has 4 nitrogen and oxygen atoms in total. The van der Waals surface area contributed by atoms with E-state index in [4.69, 9.17) is 0 Å². The molecule has 1 aromatic rings. The Morgan fingerprint density at radius 2 is 2.06 bits per heavy atom. The van der Waals surface area contributed by atoms with Crippen LogP contribution in [-0.2, 0) is 6.42 Å². The van der Waals surface area contributed by atoms with Crippen molar-refractivity contribution in [1.82, 2.24) is 20.5 Å². The lowest BCUT2D eigenvalue weighted by molar-refractivity contribution is 0.241. The SMILES string of the molecule is CNC1(Cc2nc(C3CC3)n[nH]2)CCCCC1. The van der Waals surface area contributed by atoms with Crippen molar-refractivity contribution in [2.45, 2.75) is 62.8 Å². The molecule has 2 fully saturated rings. The predicted molar refractivity (Wildman–Crippen MR) is 66.9 cm³/mol. The minimum absolute atomic E-state index is 0.263. The van der Waals surface area contributed by atoms with Gasteiger partial charge >= 0.3 is 0 Å². The minimum Gasteiger partial charge on any atom is -0.314 e. The van der Waals surface area contributed by atoms with Gasteiger partial charge in [0.25, 0.3) is 0 Å². The Kier molecular flexibility index (Phi) is 2.90. The highest BCUT2D eigenvalue weighted by molar-refractivity contribution is 5.07. The third-order valence-electron chi connectivity index (χ3n) is 4.34. The van der Waals surface area contributed by atoms with Crippen LogP contribution in [0.2, 0.25) is 0 Å². The standard InChI is InChI=1S/C13H22N4/c1-14-13(7-3-2-4-8-13)9-11-15-12(17-16-11)10-5-6-10/h10,14H,2-9H2,1H3,(H,15,16,17). The lowest BCUT2D eigenvalue weighted by Gasteiger charge is -2.36. The molecule has 0 aromatic carbocycles. The summed E-state index contributed by atoms with van der Waals surface area (Å²) in [6.07, 6.45) is 10.1. The van der Waals surface area contributed by atoms with Gasteiger partial charge in [0.1, 0.15) is 5.82 Å². The highest BCUT2D eigenvalue weighted by Gasteiger charge is 2.33. The third kappa shape index (κ3) is 2.37. The van der Waals surface area contributed by atoms with E-state index < -0.39 is 0 Å². The summed E-state index contributed by atoms with van der Waals surface area (Å²) in [5.74, 6) is 2.77. The number of hydrogen-bond acceptors (Lipinski definition) is 3. The number of H-pyrrole nitrogens is 1. The number of aromatic amines is 1. The van der Waals surface area contributed by atoms with Gasteiger partial charge in [0.05, 0.1) is 0 Å². The van der Waals surface area contributed by atoms with Gasteiger partial charge in [0.15, 0.2) is 5.82 Å². The maximum atomic E-state index is 4.65. The molecule has 0 spiro atoms. The summed E-state index contributed by atoms with van der Waals surface area (Å²) in [5, 5.41) is 11.0. The first-order valence-corrected chi connectivity index (χ1v) is 6.91.